The van der Waals surface area contributed by atoms with Crippen molar-refractivity contribution in [1.82, 2.24) is 10.6 Å². The van der Waals surface area contributed by atoms with Gasteiger partial charge < -0.3 is 24.7 Å². The molecule has 5 unspecified atom stereocenters. The van der Waals surface area contributed by atoms with E-state index in [4.69, 9.17) is 14.0 Å². The van der Waals surface area contributed by atoms with E-state index in [1.807, 2.05) is 26.0 Å². The molecule has 196 valence electrons. The number of hydrogen-bond acceptors (Lipinski definition) is 5. The smallest absolute Gasteiger partial charge is 0.444 e. The van der Waals surface area contributed by atoms with Gasteiger partial charge in [-0.25, -0.2) is 4.79 Å². The maximum atomic E-state index is 12.5. The van der Waals surface area contributed by atoms with Crippen LogP contribution in [0, 0.1) is 23.2 Å². The van der Waals surface area contributed by atoms with Crippen molar-refractivity contribution in [2.24, 2.45) is 23.2 Å². The summed E-state index contributed by atoms with van der Waals surface area (Å²) in [6.45, 7) is 17.5. The SMILES string of the molecule is C=C(C)/C=C\C.CC(C)(C)OC(=O)NCC(=O)NC(CC1CC1)B1OC2CC3CC(C2O1)C3(C)C. The van der Waals surface area contributed by atoms with E-state index in [1.165, 1.54) is 19.3 Å². The summed E-state index contributed by atoms with van der Waals surface area (Å²) < 4.78 is 17.9. The van der Waals surface area contributed by atoms with Gasteiger partial charge in [-0.1, -0.05) is 51.0 Å². The molecule has 2 bridgehead atoms. The molecule has 5 rings (SSSR count). The molecular formula is C27H45BN2O5. The number of carbonyl (C=O) groups is 2. The average Bonchev–Trinajstić information content (AvgIpc) is 3.44. The van der Waals surface area contributed by atoms with Gasteiger partial charge in [0.05, 0.1) is 24.7 Å². The third kappa shape index (κ3) is 7.59. The summed E-state index contributed by atoms with van der Waals surface area (Å²) in [5.41, 5.74) is 0.842. The van der Waals surface area contributed by atoms with Crippen LogP contribution in [-0.4, -0.2) is 49.4 Å². The minimum Gasteiger partial charge on any atom is -0.444 e. The van der Waals surface area contributed by atoms with Crippen LogP contribution < -0.4 is 10.6 Å². The molecule has 0 radical (unpaired) electrons. The normalized spacial score (nSPS) is 29.3. The Hall–Kier alpha value is -1.80. The average molecular weight is 488 g/mol. The van der Waals surface area contributed by atoms with Crippen LogP contribution >= 0.6 is 0 Å². The van der Waals surface area contributed by atoms with Crippen molar-refractivity contribution in [3.05, 3.63) is 24.3 Å². The molecule has 8 heteroatoms. The van der Waals surface area contributed by atoms with Crippen LogP contribution in [0.25, 0.3) is 0 Å². The van der Waals surface area contributed by atoms with Gasteiger partial charge in [0.25, 0.3) is 0 Å². The lowest BCUT2D eigenvalue weighted by Crippen LogP contribution is -2.59. The predicted molar refractivity (Wildman–Crippen MR) is 139 cm³/mol. The molecule has 1 aliphatic heterocycles. The minimum absolute atomic E-state index is 0.118. The van der Waals surface area contributed by atoms with Gasteiger partial charge in [-0.2, -0.15) is 0 Å². The quantitative estimate of drug-likeness (QED) is 0.397. The van der Waals surface area contributed by atoms with E-state index in [0.717, 1.165) is 18.4 Å². The predicted octanol–water partition coefficient (Wildman–Crippen LogP) is 4.81. The fraction of sp³-hybridized carbons (Fsp3) is 0.778. The fourth-order valence-electron chi connectivity index (χ4n) is 5.51. The molecule has 0 aromatic heterocycles. The lowest BCUT2D eigenvalue weighted by Gasteiger charge is -2.60. The molecule has 4 aliphatic carbocycles. The first kappa shape index (κ1) is 27.8. The summed E-state index contributed by atoms with van der Waals surface area (Å²) in [6.07, 6.45) is 9.17. The van der Waals surface area contributed by atoms with Gasteiger partial charge in [-0.3, -0.25) is 4.79 Å². The maximum absolute atomic E-state index is 12.5. The molecule has 1 heterocycles. The summed E-state index contributed by atoms with van der Waals surface area (Å²) in [6, 6.07) is 0. The largest absolute Gasteiger partial charge is 0.481 e. The summed E-state index contributed by atoms with van der Waals surface area (Å²) in [4.78, 5) is 24.3. The number of amides is 2. The van der Waals surface area contributed by atoms with E-state index < -0.39 is 18.8 Å². The molecule has 5 atom stereocenters. The van der Waals surface area contributed by atoms with Crippen LogP contribution in [0.5, 0.6) is 0 Å². The van der Waals surface area contributed by atoms with Gasteiger partial charge in [-0.05, 0) is 77.0 Å². The van der Waals surface area contributed by atoms with Crippen LogP contribution in [-0.2, 0) is 18.8 Å². The number of nitrogens with one attached hydrogen (secondary N) is 2. The van der Waals surface area contributed by atoms with Crippen molar-refractivity contribution in [3.63, 3.8) is 0 Å². The Kier molecular flexibility index (Phi) is 8.80. The molecule has 7 nitrogen and oxygen atoms in total. The second-order valence-corrected chi connectivity index (χ2v) is 12.3. The number of rotatable bonds is 7. The maximum Gasteiger partial charge on any atom is 0.481 e. The van der Waals surface area contributed by atoms with Gasteiger partial charge in [0.15, 0.2) is 0 Å². The molecule has 4 saturated carbocycles. The highest BCUT2D eigenvalue weighted by molar-refractivity contribution is 6.47. The number of allylic oxidation sites excluding steroid dienone is 3. The number of alkyl carbamates (subject to hydrolysis) is 1. The zero-order chi connectivity index (χ0) is 26.0. The second-order valence-electron chi connectivity index (χ2n) is 12.3. The fourth-order valence-corrected chi connectivity index (χ4v) is 5.51. The molecule has 0 aromatic rings. The second kappa shape index (κ2) is 11.1. The molecule has 0 spiro atoms. The third-order valence-electron chi connectivity index (χ3n) is 7.63. The highest BCUT2D eigenvalue weighted by Crippen LogP contribution is 2.61. The van der Waals surface area contributed by atoms with Crippen molar-refractivity contribution < 1.29 is 23.6 Å². The minimum atomic E-state index is -0.592. The van der Waals surface area contributed by atoms with E-state index in [1.54, 1.807) is 20.8 Å². The van der Waals surface area contributed by atoms with Crippen molar-refractivity contribution in [2.45, 2.75) is 104 Å². The Morgan fingerprint density at radius 1 is 1.23 bits per heavy atom. The number of hydrogen-bond donors (Lipinski definition) is 2. The Balaban J connectivity index is 0.000000509. The van der Waals surface area contributed by atoms with Crippen LogP contribution in [0.15, 0.2) is 24.3 Å². The van der Waals surface area contributed by atoms with Crippen molar-refractivity contribution >= 4 is 19.1 Å². The molecule has 35 heavy (non-hydrogen) atoms. The summed E-state index contributed by atoms with van der Waals surface area (Å²) in [5, 5.41) is 5.57. The van der Waals surface area contributed by atoms with E-state index >= 15 is 0 Å². The van der Waals surface area contributed by atoms with Crippen molar-refractivity contribution in [1.29, 1.82) is 0 Å². The van der Waals surface area contributed by atoms with Crippen LogP contribution in [0.3, 0.4) is 0 Å². The van der Waals surface area contributed by atoms with E-state index in [-0.39, 0.29) is 30.6 Å². The molecule has 5 aliphatic rings. The number of ether oxygens (including phenoxy) is 1. The summed E-state index contributed by atoms with van der Waals surface area (Å²) >= 11 is 0. The van der Waals surface area contributed by atoms with Gasteiger partial charge in [0.1, 0.15) is 5.60 Å². The van der Waals surface area contributed by atoms with E-state index in [0.29, 0.717) is 23.2 Å². The lowest BCUT2D eigenvalue weighted by molar-refractivity contribution is -0.150. The molecule has 5 fully saturated rings. The third-order valence-corrected chi connectivity index (χ3v) is 7.63. The van der Waals surface area contributed by atoms with Crippen LogP contribution in [0.1, 0.15) is 80.6 Å². The first-order valence-electron chi connectivity index (χ1n) is 13.2. The zero-order valence-electron chi connectivity index (χ0n) is 22.7. The lowest BCUT2D eigenvalue weighted by atomic mass is 9.47. The van der Waals surface area contributed by atoms with Gasteiger partial charge in [-0.15, -0.1) is 0 Å². The highest BCUT2D eigenvalue weighted by atomic mass is 16.7. The summed E-state index contributed by atoms with van der Waals surface area (Å²) in [5.74, 6) is 1.46. The first-order valence-corrected chi connectivity index (χ1v) is 13.2. The monoisotopic (exact) mass is 488 g/mol. The molecule has 2 N–H and O–H groups in total. The van der Waals surface area contributed by atoms with Gasteiger partial charge >= 0.3 is 13.2 Å². The molecule has 2 amide bonds. The van der Waals surface area contributed by atoms with E-state index in [2.05, 4.69) is 31.1 Å². The Morgan fingerprint density at radius 3 is 2.43 bits per heavy atom. The van der Waals surface area contributed by atoms with Crippen molar-refractivity contribution in [3.8, 4) is 0 Å². The molecule has 1 saturated heterocycles. The van der Waals surface area contributed by atoms with Gasteiger partial charge in [0, 0.05) is 0 Å². The van der Waals surface area contributed by atoms with Gasteiger partial charge in [0.2, 0.25) is 5.91 Å². The van der Waals surface area contributed by atoms with E-state index in [9.17, 15) is 9.59 Å². The Morgan fingerprint density at radius 2 is 1.91 bits per heavy atom. The Labute approximate surface area is 211 Å². The molecular weight excluding hydrogens is 443 g/mol. The standard InChI is InChI=1S/C21H35BN2O5.C6H10/c1-20(2,3)27-19(26)23-11-17(25)24-16(8-12-6-7-12)22-28-15-10-13-9-14(18(15)29-22)21(13,4)5;1-4-5-6(2)3/h12-16,18H,6-11H2,1-5H3,(H,23,26)(H,24,25);4-5H,2H2,1,3H3/b;5-4-. The van der Waals surface area contributed by atoms with Crippen LogP contribution in [0.4, 0.5) is 4.79 Å². The first-order chi connectivity index (χ1) is 16.3. The Bertz CT molecular complexity index is 817. The van der Waals surface area contributed by atoms with Crippen molar-refractivity contribution in [2.75, 3.05) is 6.54 Å². The topological polar surface area (TPSA) is 85.9 Å². The van der Waals surface area contributed by atoms with Crippen LogP contribution in [0.2, 0.25) is 0 Å². The highest BCUT2D eigenvalue weighted by Gasteiger charge is 2.62. The summed E-state index contributed by atoms with van der Waals surface area (Å²) in [7, 11) is -0.397. The number of carbonyl (C=O) groups excluding carboxylic acids is 2. The zero-order valence-corrected chi connectivity index (χ0v) is 22.7. The molecule has 0 aromatic carbocycles.